The van der Waals surface area contributed by atoms with E-state index in [1.165, 1.54) is 10.9 Å². The van der Waals surface area contributed by atoms with Crippen molar-refractivity contribution >= 4 is 10.8 Å². The van der Waals surface area contributed by atoms with Crippen LogP contribution in [-0.2, 0) is 0 Å². The molecule has 0 aliphatic heterocycles. The van der Waals surface area contributed by atoms with Crippen LogP contribution in [0.1, 0.15) is 33.3 Å². The van der Waals surface area contributed by atoms with E-state index in [0.717, 1.165) is 5.39 Å². The maximum absolute atomic E-state index is 4.07. The lowest BCUT2D eigenvalue weighted by Gasteiger charge is -1.97. The molecule has 0 amide bonds. The molecule has 0 saturated carbocycles. The van der Waals surface area contributed by atoms with Crippen molar-refractivity contribution in [2.75, 3.05) is 0 Å². The fraction of sp³-hybridized carbons (Fsp3) is 0.385. The first kappa shape index (κ1) is 13.6. The lowest BCUT2D eigenvalue weighted by Crippen LogP contribution is -1.81. The monoisotopic (exact) mass is 204 g/mol. The van der Waals surface area contributed by atoms with Crippen LogP contribution in [0, 0.1) is 6.92 Å². The molecule has 0 unspecified atom stereocenters. The Bertz CT molecular complexity index is 378. The molecule has 2 heteroatoms. The van der Waals surface area contributed by atoms with E-state index in [9.17, 15) is 0 Å². The minimum atomic E-state index is 1.10. The van der Waals surface area contributed by atoms with Gasteiger partial charge in [0.05, 0.1) is 0 Å². The number of fused-ring (bicyclic) bond motifs is 1. The summed E-state index contributed by atoms with van der Waals surface area (Å²) < 4.78 is 0. The van der Waals surface area contributed by atoms with E-state index in [2.05, 4.69) is 16.9 Å². The van der Waals surface area contributed by atoms with Gasteiger partial charge < -0.3 is 0 Å². The van der Waals surface area contributed by atoms with Gasteiger partial charge in [0.2, 0.25) is 0 Å². The Kier molecular flexibility index (Phi) is 7.16. The number of hydrogen-bond acceptors (Lipinski definition) is 2. The molecule has 2 rings (SSSR count). The quantitative estimate of drug-likeness (QED) is 0.648. The average Bonchev–Trinajstić information content (AvgIpc) is 2.35. The van der Waals surface area contributed by atoms with Crippen LogP contribution in [-0.4, -0.2) is 9.97 Å². The Labute approximate surface area is 92.4 Å². The third kappa shape index (κ3) is 3.66. The van der Waals surface area contributed by atoms with E-state index < -0.39 is 0 Å². The van der Waals surface area contributed by atoms with Gasteiger partial charge in [0, 0.05) is 30.2 Å². The van der Waals surface area contributed by atoms with Crippen molar-refractivity contribution in [1.82, 2.24) is 9.97 Å². The lowest BCUT2D eigenvalue weighted by atomic mass is 10.1. The van der Waals surface area contributed by atoms with Crippen LogP contribution in [0.25, 0.3) is 10.8 Å². The highest BCUT2D eigenvalue weighted by Gasteiger charge is 1.93. The minimum Gasteiger partial charge on any atom is -0.264 e. The number of aryl methyl sites for hydroxylation is 1. The van der Waals surface area contributed by atoms with Gasteiger partial charge in [0.25, 0.3) is 0 Å². The fourth-order valence-electron chi connectivity index (χ4n) is 1.17. The Balaban J connectivity index is 0.000000442. The number of aromatic nitrogens is 2. The third-order valence-corrected chi connectivity index (χ3v) is 1.76. The van der Waals surface area contributed by atoms with Crippen molar-refractivity contribution in [2.45, 2.75) is 34.6 Å². The first-order valence-corrected chi connectivity index (χ1v) is 5.52. The molecule has 0 aliphatic carbocycles. The molecule has 2 heterocycles. The van der Waals surface area contributed by atoms with Gasteiger partial charge in [0.15, 0.2) is 0 Å². The van der Waals surface area contributed by atoms with Gasteiger partial charge in [-0.05, 0) is 23.9 Å². The summed E-state index contributed by atoms with van der Waals surface area (Å²) in [5, 5.41) is 2.34. The highest BCUT2D eigenvalue weighted by Crippen LogP contribution is 2.13. The van der Waals surface area contributed by atoms with Crippen LogP contribution >= 0.6 is 0 Å². The SMILES string of the molecule is CC.CC.Cc1cncc2cnccc12. The number of nitrogens with zero attached hydrogens (tertiary/aromatic N) is 2. The molecular weight excluding hydrogens is 184 g/mol. The molecule has 2 nitrogen and oxygen atoms in total. The molecule has 0 radical (unpaired) electrons. The largest absolute Gasteiger partial charge is 0.264 e. The van der Waals surface area contributed by atoms with Crippen molar-refractivity contribution < 1.29 is 0 Å². The van der Waals surface area contributed by atoms with Crippen molar-refractivity contribution in [1.29, 1.82) is 0 Å². The molecule has 0 bridgehead atoms. The molecule has 0 fully saturated rings. The molecule has 82 valence electrons. The summed E-state index contributed by atoms with van der Waals surface area (Å²) in [6.07, 6.45) is 7.32. The van der Waals surface area contributed by atoms with Gasteiger partial charge in [-0.15, -0.1) is 0 Å². The zero-order valence-corrected chi connectivity index (χ0v) is 10.3. The summed E-state index contributed by atoms with van der Waals surface area (Å²) in [5.41, 5.74) is 1.20. The van der Waals surface area contributed by atoms with E-state index in [1.54, 1.807) is 6.20 Å². The van der Waals surface area contributed by atoms with E-state index in [-0.39, 0.29) is 0 Å². The number of rotatable bonds is 0. The zero-order chi connectivity index (χ0) is 11.7. The summed E-state index contributed by atoms with van der Waals surface area (Å²) >= 11 is 0. The molecule has 2 aromatic rings. The summed E-state index contributed by atoms with van der Waals surface area (Å²) in [4.78, 5) is 8.09. The fourth-order valence-corrected chi connectivity index (χ4v) is 1.17. The Morgan fingerprint density at radius 3 is 2.07 bits per heavy atom. The standard InChI is InChI=1S/C9H8N2.2C2H6/c1-7-4-11-6-8-5-10-3-2-9(7)8;2*1-2/h2-6H,1H3;2*1-2H3. The topological polar surface area (TPSA) is 25.8 Å². The van der Waals surface area contributed by atoms with Gasteiger partial charge in [-0.3, -0.25) is 9.97 Å². The maximum Gasteiger partial charge on any atom is 0.0362 e. The van der Waals surface area contributed by atoms with Gasteiger partial charge in [0.1, 0.15) is 0 Å². The predicted molar refractivity (Wildman–Crippen MR) is 67.0 cm³/mol. The molecule has 0 N–H and O–H groups in total. The Hall–Kier alpha value is -1.44. The van der Waals surface area contributed by atoms with Gasteiger partial charge in [-0.25, -0.2) is 0 Å². The van der Waals surface area contributed by atoms with E-state index >= 15 is 0 Å². The van der Waals surface area contributed by atoms with Crippen LogP contribution in [0.3, 0.4) is 0 Å². The number of pyridine rings is 2. The predicted octanol–water partition coefficient (Wildman–Crippen LogP) is 3.99. The highest BCUT2D eigenvalue weighted by atomic mass is 14.7. The van der Waals surface area contributed by atoms with Crippen molar-refractivity contribution in [2.24, 2.45) is 0 Å². The van der Waals surface area contributed by atoms with E-state index in [4.69, 9.17) is 0 Å². The summed E-state index contributed by atoms with van der Waals surface area (Å²) in [6.45, 7) is 10.1. The molecule has 2 aromatic heterocycles. The molecule has 0 saturated heterocycles. The van der Waals surface area contributed by atoms with E-state index in [1.807, 2.05) is 52.4 Å². The molecule has 0 aliphatic rings. The summed E-state index contributed by atoms with van der Waals surface area (Å²) in [6, 6.07) is 2.01. The van der Waals surface area contributed by atoms with Gasteiger partial charge >= 0.3 is 0 Å². The number of hydrogen-bond donors (Lipinski definition) is 0. The first-order valence-electron chi connectivity index (χ1n) is 5.52. The molecule has 15 heavy (non-hydrogen) atoms. The second-order valence-corrected chi connectivity index (χ2v) is 2.55. The smallest absolute Gasteiger partial charge is 0.0362 e. The maximum atomic E-state index is 4.07. The molecule has 0 spiro atoms. The van der Waals surface area contributed by atoms with E-state index in [0.29, 0.717) is 0 Å². The Morgan fingerprint density at radius 1 is 0.867 bits per heavy atom. The van der Waals surface area contributed by atoms with Crippen molar-refractivity contribution in [3.8, 4) is 0 Å². The van der Waals surface area contributed by atoms with Crippen LogP contribution < -0.4 is 0 Å². The summed E-state index contributed by atoms with van der Waals surface area (Å²) in [5.74, 6) is 0. The van der Waals surface area contributed by atoms with Gasteiger partial charge in [-0.2, -0.15) is 0 Å². The van der Waals surface area contributed by atoms with Crippen LogP contribution in [0.15, 0.2) is 30.9 Å². The zero-order valence-electron chi connectivity index (χ0n) is 10.3. The van der Waals surface area contributed by atoms with Crippen molar-refractivity contribution in [3.05, 3.63) is 36.4 Å². The molecule has 0 atom stereocenters. The average molecular weight is 204 g/mol. The normalized spacial score (nSPS) is 8.33. The second-order valence-electron chi connectivity index (χ2n) is 2.55. The third-order valence-electron chi connectivity index (χ3n) is 1.76. The molecule has 0 aromatic carbocycles. The Morgan fingerprint density at radius 2 is 1.47 bits per heavy atom. The minimum absolute atomic E-state index is 1.10. The second kappa shape index (κ2) is 7.92. The van der Waals surface area contributed by atoms with Crippen molar-refractivity contribution in [3.63, 3.8) is 0 Å². The molecular formula is C13H20N2. The highest BCUT2D eigenvalue weighted by molar-refractivity contribution is 5.83. The lowest BCUT2D eigenvalue weighted by molar-refractivity contribution is 1.28. The summed E-state index contributed by atoms with van der Waals surface area (Å²) in [7, 11) is 0. The van der Waals surface area contributed by atoms with Crippen LogP contribution in [0.4, 0.5) is 0 Å². The van der Waals surface area contributed by atoms with Gasteiger partial charge in [-0.1, -0.05) is 27.7 Å². The van der Waals surface area contributed by atoms with Crippen LogP contribution in [0.5, 0.6) is 0 Å². The first-order chi connectivity index (χ1) is 7.38. The van der Waals surface area contributed by atoms with Crippen LogP contribution in [0.2, 0.25) is 0 Å².